The molecule has 0 aromatic carbocycles. The summed E-state index contributed by atoms with van der Waals surface area (Å²) in [7, 11) is 1.59. The fourth-order valence-corrected chi connectivity index (χ4v) is 3.16. The molecule has 1 saturated carbocycles. The van der Waals surface area contributed by atoms with E-state index in [1.165, 1.54) is 0 Å². The molecule has 2 amide bonds. The third-order valence-electron chi connectivity index (χ3n) is 4.76. The molecule has 23 heavy (non-hydrogen) atoms. The van der Waals surface area contributed by atoms with Gasteiger partial charge >= 0.3 is 6.03 Å². The summed E-state index contributed by atoms with van der Waals surface area (Å²) in [5, 5.41) is 15.5. The zero-order chi connectivity index (χ0) is 16.9. The van der Waals surface area contributed by atoms with E-state index in [-0.39, 0.29) is 30.1 Å². The van der Waals surface area contributed by atoms with E-state index < -0.39 is 0 Å². The molecule has 1 fully saturated rings. The van der Waals surface area contributed by atoms with Gasteiger partial charge in [-0.15, -0.1) is 0 Å². The minimum Gasteiger partial charge on any atom is -0.464 e. The van der Waals surface area contributed by atoms with Gasteiger partial charge in [0.1, 0.15) is 17.6 Å². The number of rotatable bonds is 7. The molecular formula is C17H28N2O4. The van der Waals surface area contributed by atoms with Gasteiger partial charge in [0, 0.05) is 25.0 Å². The molecule has 1 aromatic heterocycles. The van der Waals surface area contributed by atoms with Crippen LogP contribution in [0.25, 0.3) is 0 Å². The first-order chi connectivity index (χ1) is 11.0. The summed E-state index contributed by atoms with van der Waals surface area (Å²) in [6.07, 6.45) is 3.64. The lowest BCUT2D eigenvalue weighted by Crippen LogP contribution is -2.49. The predicted molar refractivity (Wildman–Crippen MR) is 87.2 cm³/mol. The fourth-order valence-electron chi connectivity index (χ4n) is 3.16. The lowest BCUT2D eigenvalue weighted by Gasteiger charge is -2.30. The third kappa shape index (κ3) is 4.26. The van der Waals surface area contributed by atoms with Crippen LogP contribution in [0.15, 0.2) is 16.5 Å². The van der Waals surface area contributed by atoms with Gasteiger partial charge in [0.25, 0.3) is 0 Å². The number of aryl methyl sites for hydroxylation is 1. The van der Waals surface area contributed by atoms with E-state index >= 15 is 0 Å². The van der Waals surface area contributed by atoms with Gasteiger partial charge in [0.05, 0.1) is 13.2 Å². The largest absolute Gasteiger partial charge is 0.464 e. The minimum atomic E-state index is -0.331. The Kier molecular flexibility index (Phi) is 6.07. The maximum Gasteiger partial charge on any atom is 0.315 e. The van der Waals surface area contributed by atoms with Crippen molar-refractivity contribution in [1.82, 2.24) is 10.6 Å². The molecule has 6 heteroatoms. The molecule has 0 radical (unpaired) electrons. The number of furan rings is 1. The molecule has 1 aromatic rings. The Bertz CT molecular complexity index is 516. The van der Waals surface area contributed by atoms with E-state index in [9.17, 15) is 9.90 Å². The van der Waals surface area contributed by atoms with Crippen LogP contribution in [0.2, 0.25) is 0 Å². The molecule has 3 unspecified atom stereocenters. The Morgan fingerprint density at radius 3 is 2.96 bits per heavy atom. The van der Waals surface area contributed by atoms with Crippen LogP contribution in [0.4, 0.5) is 4.79 Å². The van der Waals surface area contributed by atoms with Gasteiger partial charge < -0.3 is 24.9 Å². The average Bonchev–Trinajstić information content (AvgIpc) is 3.15. The van der Waals surface area contributed by atoms with Gasteiger partial charge in [-0.05, 0) is 25.0 Å². The fraction of sp³-hybridized carbons (Fsp3) is 0.706. The summed E-state index contributed by atoms with van der Waals surface area (Å²) in [4.78, 5) is 12.3. The molecule has 0 aliphatic heterocycles. The second-order valence-electron chi connectivity index (χ2n) is 6.54. The second kappa shape index (κ2) is 7.84. The molecule has 3 atom stereocenters. The predicted octanol–water partition coefficient (Wildman–Crippen LogP) is 2.38. The quantitative estimate of drug-likeness (QED) is 0.719. The molecule has 1 aliphatic rings. The van der Waals surface area contributed by atoms with Crippen LogP contribution in [0.3, 0.4) is 0 Å². The number of carbonyl (C=O) groups excluding carboxylic acids is 1. The van der Waals surface area contributed by atoms with Crippen LogP contribution in [-0.4, -0.2) is 37.5 Å². The van der Waals surface area contributed by atoms with Crippen LogP contribution in [-0.2, 0) is 11.2 Å². The molecule has 1 heterocycles. The Morgan fingerprint density at radius 1 is 1.57 bits per heavy atom. The first-order valence-corrected chi connectivity index (χ1v) is 8.28. The molecule has 2 rings (SSSR count). The number of nitrogens with one attached hydrogen (secondary N) is 2. The van der Waals surface area contributed by atoms with Crippen LogP contribution in [0, 0.1) is 5.41 Å². The normalized spacial score (nSPS) is 25.3. The molecule has 1 aliphatic carbocycles. The summed E-state index contributed by atoms with van der Waals surface area (Å²) >= 11 is 0. The van der Waals surface area contributed by atoms with Gasteiger partial charge in [-0.3, -0.25) is 0 Å². The Morgan fingerprint density at radius 2 is 2.35 bits per heavy atom. The standard InChI is InChI=1S/C17H28N2O4/c1-4-12-7-8-14(23-12)13(10-22-3)18-16(21)19-15-6-5-9-17(15,2)11-20/h7-8,13,15,20H,4-6,9-11H2,1-3H3,(H2,18,19,21). The number of hydrogen-bond donors (Lipinski definition) is 3. The van der Waals surface area contributed by atoms with E-state index in [0.717, 1.165) is 31.4 Å². The van der Waals surface area contributed by atoms with E-state index in [4.69, 9.17) is 9.15 Å². The van der Waals surface area contributed by atoms with Crippen molar-refractivity contribution in [2.75, 3.05) is 20.3 Å². The molecule has 0 spiro atoms. The molecule has 130 valence electrons. The topological polar surface area (TPSA) is 83.7 Å². The van der Waals surface area contributed by atoms with Crippen molar-refractivity contribution < 1.29 is 19.1 Å². The van der Waals surface area contributed by atoms with Crippen LogP contribution in [0.5, 0.6) is 0 Å². The number of aliphatic hydroxyl groups is 1. The van der Waals surface area contributed by atoms with E-state index in [1.54, 1.807) is 7.11 Å². The summed E-state index contributed by atoms with van der Waals surface area (Å²) in [6, 6.07) is 3.18. The maximum absolute atomic E-state index is 12.3. The van der Waals surface area contributed by atoms with Gasteiger partial charge in [0.2, 0.25) is 0 Å². The third-order valence-corrected chi connectivity index (χ3v) is 4.76. The summed E-state index contributed by atoms with van der Waals surface area (Å²) < 4.78 is 10.9. The van der Waals surface area contributed by atoms with E-state index in [2.05, 4.69) is 10.6 Å². The van der Waals surface area contributed by atoms with Crippen molar-refractivity contribution in [2.24, 2.45) is 5.41 Å². The van der Waals surface area contributed by atoms with E-state index in [1.807, 2.05) is 26.0 Å². The highest BCUT2D eigenvalue weighted by molar-refractivity contribution is 5.74. The molecule has 3 N–H and O–H groups in total. The number of urea groups is 1. The van der Waals surface area contributed by atoms with Crippen molar-refractivity contribution in [1.29, 1.82) is 0 Å². The summed E-state index contributed by atoms with van der Waals surface area (Å²) in [5.41, 5.74) is -0.242. The van der Waals surface area contributed by atoms with Crippen molar-refractivity contribution >= 4 is 6.03 Å². The number of aliphatic hydroxyl groups excluding tert-OH is 1. The zero-order valence-electron chi connectivity index (χ0n) is 14.2. The van der Waals surface area contributed by atoms with Crippen molar-refractivity contribution in [3.63, 3.8) is 0 Å². The molecule has 0 saturated heterocycles. The highest BCUT2D eigenvalue weighted by atomic mass is 16.5. The number of amides is 2. The molecular weight excluding hydrogens is 296 g/mol. The number of carbonyl (C=O) groups is 1. The SMILES string of the molecule is CCc1ccc(C(COC)NC(=O)NC2CCCC2(C)CO)o1. The van der Waals surface area contributed by atoms with Crippen LogP contribution < -0.4 is 10.6 Å². The lowest BCUT2D eigenvalue weighted by atomic mass is 9.86. The zero-order valence-corrected chi connectivity index (χ0v) is 14.2. The first-order valence-electron chi connectivity index (χ1n) is 8.28. The van der Waals surface area contributed by atoms with Crippen molar-refractivity contribution in [3.05, 3.63) is 23.7 Å². The van der Waals surface area contributed by atoms with Crippen LogP contribution in [0.1, 0.15) is 50.7 Å². The Hall–Kier alpha value is -1.53. The summed E-state index contributed by atoms with van der Waals surface area (Å²) in [6.45, 7) is 4.45. The van der Waals surface area contributed by atoms with Crippen LogP contribution >= 0.6 is 0 Å². The number of ether oxygens (including phenoxy) is 1. The maximum atomic E-state index is 12.3. The number of methoxy groups -OCH3 is 1. The van der Waals surface area contributed by atoms with Gasteiger partial charge in [-0.2, -0.15) is 0 Å². The van der Waals surface area contributed by atoms with Gasteiger partial charge in [0.15, 0.2) is 0 Å². The first kappa shape index (κ1) is 17.8. The minimum absolute atomic E-state index is 0.0153. The number of hydrogen-bond acceptors (Lipinski definition) is 4. The van der Waals surface area contributed by atoms with Crippen molar-refractivity contribution in [3.8, 4) is 0 Å². The van der Waals surface area contributed by atoms with Crippen molar-refractivity contribution in [2.45, 2.75) is 51.6 Å². The van der Waals surface area contributed by atoms with Gasteiger partial charge in [-0.1, -0.05) is 20.3 Å². The molecule has 0 bridgehead atoms. The van der Waals surface area contributed by atoms with E-state index in [0.29, 0.717) is 12.4 Å². The highest BCUT2D eigenvalue weighted by Gasteiger charge is 2.39. The monoisotopic (exact) mass is 324 g/mol. The smallest absolute Gasteiger partial charge is 0.315 e. The Labute approximate surface area is 137 Å². The lowest BCUT2D eigenvalue weighted by molar-refractivity contribution is 0.118. The molecule has 6 nitrogen and oxygen atoms in total. The summed E-state index contributed by atoms with van der Waals surface area (Å²) in [5.74, 6) is 1.57. The Balaban J connectivity index is 1.98. The second-order valence-corrected chi connectivity index (χ2v) is 6.54. The van der Waals surface area contributed by atoms with Gasteiger partial charge in [-0.25, -0.2) is 4.79 Å². The average molecular weight is 324 g/mol. The highest BCUT2D eigenvalue weighted by Crippen LogP contribution is 2.37.